The van der Waals surface area contributed by atoms with Crippen LogP contribution in [-0.4, -0.2) is 37.4 Å². The van der Waals surface area contributed by atoms with Crippen molar-refractivity contribution in [2.24, 2.45) is 5.92 Å². The molecule has 3 rings (SSSR count). The molecule has 1 aliphatic rings. The molecule has 0 fully saturated rings. The molecule has 0 aliphatic heterocycles. The number of carbonyl (C=O) groups excluding carboxylic acids is 1. The third-order valence-electron chi connectivity index (χ3n) is 4.18. The predicted molar refractivity (Wildman–Crippen MR) is 94.2 cm³/mol. The van der Waals surface area contributed by atoms with E-state index in [1.165, 1.54) is 0 Å². The molecular weight excluding hydrogens is 322 g/mol. The number of nitrogens with one attached hydrogen (secondary N) is 2. The summed E-state index contributed by atoms with van der Waals surface area (Å²) in [5.74, 6) is 2.08. The molecule has 1 aromatic heterocycles. The summed E-state index contributed by atoms with van der Waals surface area (Å²) in [6.45, 7) is 0. The molecule has 7 heteroatoms. The third-order valence-corrected chi connectivity index (χ3v) is 4.18. The summed E-state index contributed by atoms with van der Waals surface area (Å²) < 4.78 is 16.1. The van der Waals surface area contributed by atoms with E-state index in [9.17, 15) is 4.79 Å². The lowest BCUT2D eigenvalue weighted by molar-refractivity contribution is -0.119. The van der Waals surface area contributed by atoms with Crippen LogP contribution in [0.15, 0.2) is 30.4 Å². The van der Waals surface area contributed by atoms with E-state index in [4.69, 9.17) is 14.2 Å². The lowest BCUT2D eigenvalue weighted by Crippen LogP contribution is -2.20. The Labute approximate surface area is 146 Å². The number of nitrogens with zero attached hydrogens (tertiary/aromatic N) is 1. The first kappa shape index (κ1) is 16.9. The van der Waals surface area contributed by atoms with Crippen LogP contribution in [0.5, 0.6) is 17.2 Å². The van der Waals surface area contributed by atoms with Gasteiger partial charge in [0, 0.05) is 17.5 Å². The molecule has 0 spiro atoms. The predicted octanol–water partition coefficient (Wildman–Crippen LogP) is 3.01. The number of hydrogen-bond acceptors (Lipinski definition) is 5. The number of ether oxygens (including phenoxy) is 3. The maximum atomic E-state index is 12.2. The van der Waals surface area contributed by atoms with Crippen LogP contribution in [0.2, 0.25) is 0 Å². The summed E-state index contributed by atoms with van der Waals surface area (Å²) in [7, 11) is 4.69. The van der Waals surface area contributed by atoms with Crippen molar-refractivity contribution in [1.82, 2.24) is 10.2 Å². The molecule has 0 radical (unpaired) electrons. The van der Waals surface area contributed by atoms with Crippen molar-refractivity contribution >= 4 is 11.7 Å². The van der Waals surface area contributed by atoms with Crippen molar-refractivity contribution in [1.29, 1.82) is 0 Å². The lowest BCUT2D eigenvalue weighted by atomic mass is 10.1. The van der Waals surface area contributed by atoms with Gasteiger partial charge in [-0.15, -0.1) is 0 Å². The molecule has 2 aromatic rings. The van der Waals surface area contributed by atoms with Crippen LogP contribution < -0.4 is 19.5 Å². The summed E-state index contributed by atoms with van der Waals surface area (Å²) in [5.41, 5.74) is 1.55. The van der Waals surface area contributed by atoms with Gasteiger partial charge in [-0.05, 0) is 25.0 Å². The molecule has 0 saturated heterocycles. The largest absolute Gasteiger partial charge is 0.493 e. The molecule has 0 unspecified atom stereocenters. The minimum atomic E-state index is -0.0204. The van der Waals surface area contributed by atoms with Crippen LogP contribution in [-0.2, 0) is 4.79 Å². The van der Waals surface area contributed by atoms with E-state index in [0.29, 0.717) is 23.1 Å². The summed E-state index contributed by atoms with van der Waals surface area (Å²) >= 11 is 0. The highest BCUT2D eigenvalue weighted by Crippen LogP contribution is 2.41. The second-order valence-electron chi connectivity index (χ2n) is 5.71. The summed E-state index contributed by atoms with van der Waals surface area (Å²) in [6.07, 6.45) is 5.60. The molecule has 0 saturated carbocycles. The molecule has 132 valence electrons. The number of benzene rings is 1. The average molecular weight is 343 g/mol. The maximum absolute atomic E-state index is 12.2. The first-order chi connectivity index (χ1) is 12.2. The second-order valence-corrected chi connectivity index (χ2v) is 5.71. The van der Waals surface area contributed by atoms with E-state index in [1.807, 2.05) is 24.3 Å². The molecule has 1 heterocycles. The molecular formula is C18H21N3O4. The fraction of sp³-hybridized carbons (Fsp3) is 0.333. The number of amides is 1. The van der Waals surface area contributed by atoms with Crippen LogP contribution in [0, 0.1) is 5.92 Å². The van der Waals surface area contributed by atoms with Gasteiger partial charge in [0.2, 0.25) is 11.7 Å². The zero-order chi connectivity index (χ0) is 17.8. The Balaban J connectivity index is 1.83. The van der Waals surface area contributed by atoms with Crippen molar-refractivity contribution in [3.8, 4) is 28.5 Å². The molecule has 2 N–H and O–H groups in total. The van der Waals surface area contributed by atoms with Gasteiger partial charge in [0.1, 0.15) is 0 Å². The van der Waals surface area contributed by atoms with E-state index in [-0.39, 0.29) is 11.8 Å². The molecule has 1 aromatic carbocycles. The molecule has 1 amide bonds. The van der Waals surface area contributed by atoms with Crippen molar-refractivity contribution in [2.75, 3.05) is 26.6 Å². The minimum absolute atomic E-state index is 0.0127. The second kappa shape index (κ2) is 7.29. The van der Waals surface area contributed by atoms with E-state index < -0.39 is 0 Å². The van der Waals surface area contributed by atoms with Crippen LogP contribution in [0.4, 0.5) is 5.82 Å². The monoisotopic (exact) mass is 343 g/mol. The standard InChI is InChI=1S/C18H21N3O4/c1-23-14-8-12(9-15(24-2)17(14)25-3)13-10-16(21-20-13)19-18(22)11-6-4-5-7-11/h4-5,8-11H,6-7H2,1-3H3,(H2,19,20,21,22). The SMILES string of the molecule is COc1cc(-c2cc(NC(=O)C3CC=CC3)n[nH]2)cc(OC)c1OC. The smallest absolute Gasteiger partial charge is 0.229 e. The van der Waals surface area contributed by atoms with Crippen LogP contribution >= 0.6 is 0 Å². The first-order valence-corrected chi connectivity index (χ1v) is 7.98. The van der Waals surface area contributed by atoms with Crippen LogP contribution in [0.1, 0.15) is 12.8 Å². The summed E-state index contributed by atoms with van der Waals surface area (Å²) in [5, 5.41) is 9.94. The normalized spacial score (nSPS) is 13.7. The molecule has 0 bridgehead atoms. The van der Waals surface area contributed by atoms with Crippen LogP contribution in [0.3, 0.4) is 0 Å². The van der Waals surface area contributed by atoms with Crippen molar-refractivity contribution in [2.45, 2.75) is 12.8 Å². The first-order valence-electron chi connectivity index (χ1n) is 7.98. The number of methoxy groups -OCH3 is 3. The van der Waals surface area contributed by atoms with Gasteiger partial charge >= 0.3 is 0 Å². The number of H-pyrrole nitrogens is 1. The molecule has 7 nitrogen and oxygen atoms in total. The summed E-state index contributed by atoms with van der Waals surface area (Å²) in [6, 6.07) is 5.42. The van der Waals surface area contributed by atoms with Crippen molar-refractivity contribution < 1.29 is 19.0 Å². The highest BCUT2D eigenvalue weighted by molar-refractivity contribution is 5.92. The van der Waals surface area contributed by atoms with Gasteiger partial charge in [-0.25, -0.2) is 0 Å². The zero-order valence-electron chi connectivity index (χ0n) is 14.5. The lowest BCUT2D eigenvalue weighted by Gasteiger charge is -2.13. The number of aromatic nitrogens is 2. The number of rotatable bonds is 6. The van der Waals surface area contributed by atoms with Gasteiger partial charge < -0.3 is 19.5 Å². The Morgan fingerprint density at radius 1 is 1.08 bits per heavy atom. The zero-order valence-corrected chi connectivity index (χ0v) is 14.5. The minimum Gasteiger partial charge on any atom is -0.493 e. The maximum Gasteiger partial charge on any atom is 0.229 e. The van der Waals surface area contributed by atoms with Gasteiger partial charge in [0.15, 0.2) is 17.3 Å². The van der Waals surface area contributed by atoms with Crippen molar-refractivity contribution in [3.63, 3.8) is 0 Å². The van der Waals surface area contributed by atoms with Crippen LogP contribution in [0.25, 0.3) is 11.3 Å². The number of aromatic amines is 1. The number of anilines is 1. The van der Waals surface area contributed by atoms with Gasteiger partial charge in [-0.1, -0.05) is 12.2 Å². The van der Waals surface area contributed by atoms with Gasteiger partial charge in [-0.3, -0.25) is 9.89 Å². The topological polar surface area (TPSA) is 85.5 Å². The molecule has 0 atom stereocenters. The summed E-state index contributed by atoms with van der Waals surface area (Å²) in [4.78, 5) is 12.2. The van der Waals surface area contributed by atoms with Gasteiger partial charge in [-0.2, -0.15) is 5.10 Å². The number of allylic oxidation sites excluding steroid dienone is 2. The van der Waals surface area contributed by atoms with Gasteiger partial charge in [0.05, 0.1) is 27.0 Å². The van der Waals surface area contributed by atoms with Crippen molar-refractivity contribution in [3.05, 3.63) is 30.4 Å². The third kappa shape index (κ3) is 3.45. The Hall–Kier alpha value is -2.96. The van der Waals surface area contributed by atoms with E-state index in [1.54, 1.807) is 27.4 Å². The Bertz CT molecular complexity index is 764. The average Bonchev–Trinajstić information content (AvgIpc) is 3.32. The van der Waals surface area contributed by atoms with E-state index >= 15 is 0 Å². The number of carbonyl (C=O) groups is 1. The molecule has 25 heavy (non-hydrogen) atoms. The number of hydrogen-bond donors (Lipinski definition) is 2. The highest BCUT2D eigenvalue weighted by Gasteiger charge is 2.20. The van der Waals surface area contributed by atoms with E-state index in [0.717, 1.165) is 24.1 Å². The highest BCUT2D eigenvalue weighted by atomic mass is 16.5. The fourth-order valence-electron chi connectivity index (χ4n) is 2.83. The quantitative estimate of drug-likeness (QED) is 0.788. The Kier molecular flexibility index (Phi) is 4.92. The van der Waals surface area contributed by atoms with E-state index in [2.05, 4.69) is 15.5 Å². The van der Waals surface area contributed by atoms with Gasteiger partial charge in [0.25, 0.3) is 0 Å². The molecule has 1 aliphatic carbocycles. The fourth-order valence-corrected chi connectivity index (χ4v) is 2.83. The Morgan fingerprint density at radius 2 is 1.72 bits per heavy atom. The Morgan fingerprint density at radius 3 is 2.28 bits per heavy atom.